The third kappa shape index (κ3) is 4.81. The molecule has 0 unspecified atom stereocenters. The van der Waals surface area contributed by atoms with Gasteiger partial charge in [-0.1, -0.05) is 51.1 Å². The van der Waals surface area contributed by atoms with Crippen LogP contribution < -0.4 is 4.72 Å². The minimum atomic E-state index is -3.70. The van der Waals surface area contributed by atoms with Crippen LogP contribution in [0.15, 0.2) is 66.0 Å². The first-order chi connectivity index (χ1) is 12.8. The number of pyridine rings is 1. The van der Waals surface area contributed by atoms with Crippen molar-refractivity contribution in [2.24, 2.45) is 0 Å². The first-order valence-electron chi connectivity index (χ1n) is 8.76. The first-order valence-corrected chi connectivity index (χ1v) is 10.2. The highest BCUT2D eigenvalue weighted by atomic mass is 32.2. The Morgan fingerprint density at radius 3 is 2.30 bits per heavy atom. The Morgan fingerprint density at radius 2 is 1.67 bits per heavy atom. The second-order valence-corrected chi connectivity index (χ2v) is 9.19. The van der Waals surface area contributed by atoms with Crippen molar-refractivity contribution in [3.63, 3.8) is 0 Å². The lowest BCUT2D eigenvalue weighted by Crippen LogP contribution is -2.26. The molecule has 0 aliphatic rings. The van der Waals surface area contributed by atoms with E-state index in [0.717, 1.165) is 11.1 Å². The third-order valence-electron chi connectivity index (χ3n) is 4.13. The normalized spacial score (nSPS) is 12.3. The molecule has 1 N–H and O–H groups in total. The molecule has 0 amide bonds. The molecule has 0 spiro atoms. The van der Waals surface area contributed by atoms with Gasteiger partial charge in [-0.2, -0.15) is 5.10 Å². The maximum Gasteiger partial charge on any atom is 0.244 e. The predicted octanol–water partition coefficient (Wildman–Crippen LogP) is 3.10. The molecule has 2 heterocycles. The minimum Gasteiger partial charge on any atom is -0.267 e. The summed E-state index contributed by atoms with van der Waals surface area (Å²) in [6.07, 6.45) is 4.90. The molecule has 142 valence electrons. The summed E-state index contributed by atoms with van der Waals surface area (Å²) in [4.78, 5) is 4.17. The molecular formula is C20H24N4O2S. The molecule has 0 saturated heterocycles. The number of nitrogens with zero attached hydrogens (tertiary/aromatic N) is 3. The number of rotatable bonds is 6. The number of nitrogens with one attached hydrogen (secondary N) is 1. The summed E-state index contributed by atoms with van der Waals surface area (Å²) in [5.74, 6) is 0. The molecule has 6 nitrogen and oxygen atoms in total. The Bertz CT molecular complexity index is 991. The summed E-state index contributed by atoms with van der Waals surface area (Å²) in [5.41, 5.74) is 2.07. The lowest BCUT2D eigenvalue weighted by Gasteiger charge is -2.17. The topological polar surface area (TPSA) is 76.9 Å². The number of aromatic nitrogens is 3. The highest BCUT2D eigenvalue weighted by molar-refractivity contribution is 7.89. The fourth-order valence-electron chi connectivity index (χ4n) is 2.73. The largest absolute Gasteiger partial charge is 0.267 e. The fourth-order valence-corrected chi connectivity index (χ4v) is 4.10. The van der Waals surface area contributed by atoms with Gasteiger partial charge in [-0.3, -0.25) is 9.67 Å². The van der Waals surface area contributed by atoms with E-state index >= 15 is 0 Å². The van der Waals surface area contributed by atoms with Crippen molar-refractivity contribution in [1.82, 2.24) is 19.5 Å². The zero-order valence-corrected chi connectivity index (χ0v) is 16.6. The van der Waals surface area contributed by atoms with Crippen LogP contribution in [0.4, 0.5) is 0 Å². The van der Waals surface area contributed by atoms with E-state index in [1.165, 1.54) is 0 Å². The van der Waals surface area contributed by atoms with Crippen LogP contribution in [0, 0.1) is 0 Å². The van der Waals surface area contributed by atoms with Crippen molar-refractivity contribution in [1.29, 1.82) is 0 Å². The Morgan fingerprint density at radius 1 is 1.00 bits per heavy atom. The number of hydrogen-bond acceptors (Lipinski definition) is 4. The van der Waals surface area contributed by atoms with Gasteiger partial charge in [0.2, 0.25) is 10.0 Å². The van der Waals surface area contributed by atoms with Crippen molar-refractivity contribution in [2.45, 2.75) is 44.2 Å². The number of hydrogen-bond donors (Lipinski definition) is 1. The quantitative estimate of drug-likeness (QED) is 0.708. The van der Waals surface area contributed by atoms with Gasteiger partial charge in [0.25, 0.3) is 0 Å². The van der Waals surface area contributed by atoms with Gasteiger partial charge in [-0.25, -0.2) is 13.1 Å². The lowest BCUT2D eigenvalue weighted by atomic mass is 9.92. The van der Waals surface area contributed by atoms with E-state index in [1.54, 1.807) is 35.4 Å². The van der Waals surface area contributed by atoms with Crippen molar-refractivity contribution in [3.05, 3.63) is 77.9 Å². The molecule has 0 saturated carbocycles. The SMILES string of the molecule is CC(C)(C)c1nn(Cc2ccccc2)cc1S(=O)(=O)NCc1ccncc1. The van der Waals surface area contributed by atoms with E-state index in [2.05, 4.69) is 14.8 Å². The van der Waals surface area contributed by atoms with Gasteiger partial charge in [0.1, 0.15) is 4.90 Å². The van der Waals surface area contributed by atoms with Gasteiger partial charge in [-0.15, -0.1) is 0 Å². The van der Waals surface area contributed by atoms with Crippen molar-refractivity contribution in [2.75, 3.05) is 0 Å². The van der Waals surface area contributed by atoms with Gasteiger partial charge >= 0.3 is 0 Å². The average molecular weight is 385 g/mol. The van der Waals surface area contributed by atoms with Gasteiger partial charge in [0.15, 0.2) is 0 Å². The van der Waals surface area contributed by atoms with E-state index < -0.39 is 15.4 Å². The maximum absolute atomic E-state index is 13.0. The molecule has 27 heavy (non-hydrogen) atoms. The summed E-state index contributed by atoms with van der Waals surface area (Å²) in [6.45, 7) is 6.61. The molecule has 0 atom stereocenters. The van der Waals surface area contributed by atoms with Crippen molar-refractivity contribution >= 4 is 10.0 Å². The predicted molar refractivity (Wildman–Crippen MR) is 105 cm³/mol. The molecule has 3 aromatic rings. The third-order valence-corrected chi connectivity index (χ3v) is 5.53. The van der Waals surface area contributed by atoms with Gasteiger partial charge in [0.05, 0.1) is 12.2 Å². The summed E-state index contributed by atoms with van der Waals surface area (Å²) < 4.78 is 30.3. The standard InChI is InChI=1S/C20H24N4O2S/c1-20(2,3)19-18(15-24(23-19)14-17-7-5-4-6-8-17)27(25,26)22-13-16-9-11-21-12-10-16/h4-12,15,22H,13-14H2,1-3H3. The fraction of sp³-hybridized carbons (Fsp3) is 0.300. The number of benzene rings is 1. The maximum atomic E-state index is 13.0. The van der Waals surface area contributed by atoms with Crippen LogP contribution in [0.1, 0.15) is 37.6 Å². The van der Waals surface area contributed by atoms with Crippen LogP contribution in [0.5, 0.6) is 0 Å². The summed E-state index contributed by atoms with van der Waals surface area (Å²) in [5, 5.41) is 4.59. The molecule has 2 aromatic heterocycles. The van der Waals surface area contributed by atoms with Gasteiger partial charge < -0.3 is 0 Å². The molecule has 3 rings (SSSR count). The highest BCUT2D eigenvalue weighted by Crippen LogP contribution is 2.28. The minimum absolute atomic E-state index is 0.207. The Balaban J connectivity index is 1.90. The lowest BCUT2D eigenvalue weighted by molar-refractivity contribution is 0.531. The second kappa shape index (κ2) is 7.62. The first kappa shape index (κ1) is 19.3. The molecule has 0 aliphatic heterocycles. The molecule has 0 bridgehead atoms. The van der Waals surface area contributed by atoms with Crippen molar-refractivity contribution < 1.29 is 8.42 Å². The molecular weight excluding hydrogens is 360 g/mol. The molecule has 0 radical (unpaired) electrons. The van der Waals surface area contributed by atoms with E-state index in [1.807, 2.05) is 51.1 Å². The second-order valence-electron chi connectivity index (χ2n) is 7.46. The van der Waals surface area contributed by atoms with E-state index in [-0.39, 0.29) is 11.4 Å². The van der Waals surface area contributed by atoms with Crippen LogP contribution in [-0.2, 0) is 28.5 Å². The zero-order chi connectivity index (χ0) is 19.5. The summed E-state index contributed by atoms with van der Waals surface area (Å²) >= 11 is 0. The van der Waals surface area contributed by atoms with Crippen LogP contribution in [0.3, 0.4) is 0 Å². The average Bonchev–Trinajstić information content (AvgIpc) is 3.07. The Labute approximate surface area is 160 Å². The van der Waals surface area contributed by atoms with Gasteiger partial charge in [-0.05, 0) is 23.3 Å². The highest BCUT2D eigenvalue weighted by Gasteiger charge is 2.29. The smallest absolute Gasteiger partial charge is 0.244 e. The van der Waals surface area contributed by atoms with E-state index in [0.29, 0.717) is 12.2 Å². The molecule has 0 fully saturated rings. The molecule has 0 aliphatic carbocycles. The van der Waals surface area contributed by atoms with Crippen LogP contribution in [-0.4, -0.2) is 23.2 Å². The monoisotopic (exact) mass is 384 g/mol. The van der Waals surface area contributed by atoms with Crippen molar-refractivity contribution in [3.8, 4) is 0 Å². The van der Waals surface area contributed by atoms with E-state index in [9.17, 15) is 8.42 Å². The summed E-state index contributed by atoms with van der Waals surface area (Å²) in [7, 11) is -3.70. The Kier molecular flexibility index (Phi) is 5.43. The molecule has 7 heteroatoms. The Hall–Kier alpha value is -2.51. The number of sulfonamides is 1. The molecule has 1 aromatic carbocycles. The van der Waals surface area contributed by atoms with Crippen LogP contribution in [0.25, 0.3) is 0 Å². The summed E-state index contributed by atoms with van der Waals surface area (Å²) in [6, 6.07) is 13.4. The van der Waals surface area contributed by atoms with E-state index in [4.69, 9.17) is 0 Å². The van der Waals surface area contributed by atoms with Crippen LogP contribution >= 0.6 is 0 Å². The zero-order valence-electron chi connectivity index (χ0n) is 15.8. The van der Waals surface area contributed by atoms with Crippen LogP contribution in [0.2, 0.25) is 0 Å². The van der Waals surface area contributed by atoms with Gasteiger partial charge in [0, 0.05) is 30.6 Å².